The number of benzene rings is 1. The van der Waals surface area contributed by atoms with Gasteiger partial charge < -0.3 is 29.5 Å². The van der Waals surface area contributed by atoms with Crippen molar-refractivity contribution in [2.24, 2.45) is 10.9 Å². The van der Waals surface area contributed by atoms with E-state index in [4.69, 9.17) is 14.5 Å². The molecule has 0 spiro atoms. The monoisotopic (exact) mass is 497 g/mol. The molecule has 1 aromatic carbocycles. The van der Waals surface area contributed by atoms with Crippen molar-refractivity contribution in [1.82, 2.24) is 19.8 Å². The van der Waals surface area contributed by atoms with Crippen molar-refractivity contribution in [3.63, 3.8) is 0 Å². The van der Waals surface area contributed by atoms with Crippen molar-refractivity contribution in [3.8, 4) is 11.5 Å². The molecular formula is C26H36FN7O2. The Morgan fingerprint density at radius 2 is 2.08 bits per heavy atom. The number of rotatable bonds is 8. The van der Waals surface area contributed by atoms with Gasteiger partial charge in [0.1, 0.15) is 18.8 Å². The molecule has 5 rings (SSSR count). The average molecular weight is 498 g/mol. The van der Waals surface area contributed by atoms with Gasteiger partial charge in [-0.1, -0.05) is 6.07 Å². The molecule has 1 aromatic heterocycles. The van der Waals surface area contributed by atoms with E-state index in [1.54, 1.807) is 18.5 Å². The number of nitrogens with zero attached hydrogens (tertiary/aromatic N) is 6. The van der Waals surface area contributed by atoms with Gasteiger partial charge in [0.15, 0.2) is 23.2 Å². The van der Waals surface area contributed by atoms with Crippen LogP contribution in [0.15, 0.2) is 29.5 Å². The number of aliphatic imine (C=N–C) groups is 1. The SMILES string of the molecule is COc1cc(C/N=C(/C2CCN(c3ncnc4c3OCCN4)CC2)N(C)CCN2CCC2)ccc1F. The molecule has 0 radical (unpaired) electrons. The number of hydrogen-bond acceptors (Lipinski definition) is 8. The van der Waals surface area contributed by atoms with E-state index in [2.05, 4.69) is 37.0 Å². The molecule has 36 heavy (non-hydrogen) atoms. The van der Waals surface area contributed by atoms with Crippen molar-refractivity contribution in [2.75, 3.05) is 76.8 Å². The number of piperidine rings is 1. The first-order chi connectivity index (χ1) is 17.6. The van der Waals surface area contributed by atoms with Gasteiger partial charge in [-0.25, -0.2) is 14.4 Å². The Hall–Kier alpha value is -3.14. The summed E-state index contributed by atoms with van der Waals surface area (Å²) in [4.78, 5) is 21.0. The summed E-state index contributed by atoms with van der Waals surface area (Å²) < 4.78 is 25.0. The van der Waals surface area contributed by atoms with Crippen LogP contribution in [0.1, 0.15) is 24.8 Å². The third-order valence-corrected chi connectivity index (χ3v) is 7.32. The van der Waals surface area contributed by atoms with Crippen molar-refractivity contribution < 1.29 is 13.9 Å². The third-order valence-electron chi connectivity index (χ3n) is 7.32. The van der Waals surface area contributed by atoms with E-state index in [0.29, 0.717) is 19.1 Å². The highest BCUT2D eigenvalue weighted by atomic mass is 19.1. The van der Waals surface area contributed by atoms with E-state index in [0.717, 1.165) is 74.3 Å². The summed E-state index contributed by atoms with van der Waals surface area (Å²) in [7, 11) is 3.64. The van der Waals surface area contributed by atoms with Crippen LogP contribution in [0.2, 0.25) is 0 Å². The zero-order valence-corrected chi connectivity index (χ0v) is 21.2. The van der Waals surface area contributed by atoms with E-state index >= 15 is 0 Å². The molecule has 194 valence electrons. The van der Waals surface area contributed by atoms with Crippen LogP contribution in [0, 0.1) is 11.7 Å². The zero-order valence-electron chi connectivity index (χ0n) is 21.2. The quantitative estimate of drug-likeness (QED) is 0.441. The number of nitrogens with one attached hydrogen (secondary N) is 1. The Morgan fingerprint density at radius 1 is 1.25 bits per heavy atom. The lowest BCUT2D eigenvalue weighted by atomic mass is 9.94. The maximum atomic E-state index is 13.9. The summed E-state index contributed by atoms with van der Waals surface area (Å²) in [5.74, 6) is 3.78. The van der Waals surface area contributed by atoms with Crippen molar-refractivity contribution in [1.29, 1.82) is 0 Å². The van der Waals surface area contributed by atoms with Gasteiger partial charge in [0.2, 0.25) is 5.75 Å². The Morgan fingerprint density at radius 3 is 2.83 bits per heavy atom. The van der Waals surface area contributed by atoms with E-state index in [1.165, 1.54) is 32.7 Å². The van der Waals surface area contributed by atoms with Gasteiger partial charge in [-0.2, -0.15) is 0 Å². The van der Waals surface area contributed by atoms with Crippen molar-refractivity contribution in [3.05, 3.63) is 35.9 Å². The molecule has 0 unspecified atom stereocenters. The summed E-state index contributed by atoms with van der Waals surface area (Å²) >= 11 is 0. The summed E-state index contributed by atoms with van der Waals surface area (Å²) in [6.45, 7) is 8.01. The van der Waals surface area contributed by atoms with Crippen LogP contribution in [0.3, 0.4) is 0 Å². The summed E-state index contributed by atoms with van der Waals surface area (Å²) in [6.07, 6.45) is 4.86. The van der Waals surface area contributed by atoms with E-state index in [1.807, 2.05) is 0 Å². The number of aromatic nitrogens is 2. The molecule has 0 saturated carbocycles. The second-order valence-electron chi connectivity index (χ2n) is 9.67. The van der Waals surface area contributed by atoms with Crippen LogP contribution in [-0.2, 0) is 6.54 Å². The van der Waals surface area contributed by atoms with Crippen LogP contribution in [-0.4, -0.2) is 92.2 Å². The highest BCUT2D eigenvalue weighted by Gasteiger charge is 2.29. The number of amidine groups is 1. The molecule has 1 N–H and O–H groups in total. The smallest absolute Gasteiger partial charge is 0.204 e. The van der Waals surface area contributed by atoms with Crippen LogP contribution in [0.5, 0.6) is 11.5 Å². The molecule has 0 atom stereocenters. The average Bonchev–Trinajstić information content (AvgIpc) is 2.89. The number of anilines is 2. The molecule has 0 aliphatic carbocycles. The van der Waals surface area contributed by atoms with E-state index in [-0.39, 0.29) is 11.6 Å². The Kier molecular flexibility index (Phi) is 7.69. The highest BCUT2D eigenvalue weighted by Crippen LogP contribution is 2.36. The number of halogens is 1. The molecule has 2 fully saturated rings. The summed E-state index contributed by atoms with van der Waals surface area (Å²) in [5.41, 5.74) is 0.941. The topological polar surface area (TPSA) is 78.3 Å². The summed E-state index contributed by atoms with van der Waals surface area (Å²) in [5, 5.41) is 3.30. The largest absolute Gasteiger partial charge is 0.494 e. The minimum atomic E-state index is -0.351. The molecule has 4 heterocycles. The molecule has 2 aromatic rings. The number of likely N-dealkylation sites (N-methyl/N-ethyl adjacent to an activating group) is 1. The standard InChI is InChI=1S/C26H36FN7O2/c1-32(13-14-33-9-3-10-33)25(29-17-19-4-5-21(27)22(16-19)35-2)20-6-11-34(12-7-20)26-23-24(30-18-31-26)28-8-15-36-23/h4-5,16,18,20H,3,6-15,17H2,1-2H3,(H,28,30,31)/b29-25-. The maximum Gasteiger partial charge on any atom is 0.204 e. The van der Waals surface area contributed by atoms with Gasteiger partial charge in [0, 0.05) is 39.1 Å². The predicted molar refractivity (Wildman–Crippen MR) is 139 cm³/mol. The van der Waals surface area contributed by atoms with Crippen molar-refractivity contribution >= 4 is 17.5 Å². The van der Waals surface area contributed by atoms with Gasteiger partial charge >= 0.3 is 0 Å². The molecule has 3 aliphatic heterocycles. The fourth-order valence-electron chi connectivity index (χ4n) is 5.07. The first-order valence-corrected chi connectivity index (χ1v) is 12.9. The van der Waals surface area contributed by atoms with Crippen LogP contribution >= 0.6 is 0 Å². The normalized spacial score (nSPS) is 18.6. The number of fused-ring (bicyclic) bond motifs is 1. The molecule has 9 nitrogen and oxygen atoms in total. The predicted octanol–water partition coefficient (Wildman–Crippen LogP) is 2.88. The van der Waals surface area contributed by atoms with Crippen LogP contribution in [0.4, 0.5) is 16.0 Å². The van der Waals surface area contributed by atoms with Crippen LogP contribution < -0.4 is 19.7 Å². The lowest BCUT2D eigenvalue weighted by molar-refractivity contribution is 0.171. The fraction of sp³-hybridized carbons (Fsp3) is 0.577. The summed E-state index contributed by atoms with van der Waals surface area (Å²) in [6, 6.07) is 4.98. The lowest BCUT2D eigenvalue weighted by Gasteiger charge is -2.38. The number of hydrogen-bond donors (Lipinski definition) is 1. The molecular weight excluding hydrogens is 461 g/mol. The zero-order chi connectivity index (χ0) is 24.9. The minimum Gasteiger partial charge on any atom is -0.494 e. The number of methoxy groups -OCH3 is 1. The Balaban J connectivity index is 1.29. The first kappa shape index (κ1) is 24.5. The molecule has 0 bridgehead atoms. The number of ether oxygens (including phenoxy) is 2. The Bertz CT molecular complexity index is 1070. The minimum absolute atomic E-state index is 0.258. The highest BCUT2D eigenvalue weighted by molar-refractivity contribution is 5.85. The fourth-order valence-corrected chi connectivity index (χ4v) is 5.07. The molecule has 2 saturated heterocycles. The van der Waals surface area contributed by atoms with Crippen LogP contribution in [0.25, 0.3) is 0 Å². The van der Waals surface area contributed by atoms with Gasteiger partial charge in [0.05, 0.1) is 20.2 Å². The maximum absolute atomic E-state index is 13.9. The first-order valence-electron chi connectivity index (χ1n) is 12.9. The second kappa shape index (κ2) is 11.3. The third kappa shape index (κ3) is 5.48. The Labute approximate surface area is 212 Å². The molecule has 10 heteroatoms. The number of likely N-dealkylation sites (tertiary alicyclic amines) is 1. The van der Waals surface area contributed by atoms with Gasteiger partial charge in [-0.3, -0.25) is 4.99 Å². The van der Waals surface area contributed by atoms with E-state index in [9.17, 15) is 4.39 Å². The molecule has 3 aliphatic rings. The van der Waals surface area contributed by atoms with E-state index < -0.39 is 0 Å². The van der Waals surface area contributed by atoms with Crippen molar-refractivity contribution in [2.45, 2.75) is 25.8 Å². The van der Waals surface area contributed by atoms with Gasteiger partial charge in [0.25, 0.3) is 0 Å². The van der Waals surface area contributed by atoms with Gasteiger partial charge in [-0.15, -0.1) is 0 Å². The second-order valence-corrected chi connectivity index (χ2v) is 9.67. The lowest BCUT2D eigenvalue weighted by Crippen LogP contribution is -2.46. The van der Waals surface area contributed by atoms with Gasteiger partial charge in [-0.05, 0) is 50.0 Å². The molecule has 0 amide bonds.